The second kappa shape index (κ2) is 8.07. The third-order valence-electron chi connectivity index (χ3n) is 6.20. The van der Waals surface area contributed by atoms with Crippen LogP contribution in [0.1, 0.15) is 26.3 Å². The van der Waals surface area contributed by atoms with Crippen molar-refractivity contribution in [3.8, 4) is 11.5 Å². The summed E-state index contributed by atoms with van der Waals surface area (Å²) in [5.41, 5.74) is 1.59. The van der Waals surface area contributed by atoms with Crippen LogP contribution in [0.25, 0.3) is 0 Å². The Morgan fingerprint density at radius 3 is 2.37 bits per heavy atom. The molecule has 0 N–H and O–H groups in total. The van der Waals surface area contributed by atoms with Crippen LogP contribution in [0.5, 0.6) is 11.5 Å². The zero-order valence-corrected chi connectivity index (χ0v) is 19.8. The lowest BCUT2D eigenvalue weighted by atomic mass is 10.1. The van der Waals surface area contributed by atoms with Crippen molar-refractivity contribution in [2.45, 2.75) is 57.5 Å². The molecule has 0 radical (unpaired) electrons. The van der Waals surface area contributed by atoms with E-state index in [1.165, 1.54) is 6.08 Å². The zero-order chi connectivity index (χ0) is 22.3. The minimum Gasteiger partial charge on any atom is -0.493 e. The Balaban J connectivity index is 1.79. The average Bonchev–Trinajstić information content (AvgIpc) is 3.15. The van der Waals surface area contributed by atoms with Crippen LogP contribution in [0.4, 0.5) is 0 Å². The van der Waals surface area contributed by atoms with Crippen molar-refractivity contribution in [2.75, 3.05) is 20.8 Å². The van der Waals surface area contributed by atoms with Gasteiger partial charge >= 0.3 is 5.97 Å². The van der Waals surface area contributed by atoms with Crippen LogP contribution in [-0.2, 0) is 25.2 Å². The summed E-state index contributed by atoms with van der Waals surface area (Å²) in [5, 5.41) is -0.0627. The van der Waals surface area contributed by atoms with Gasteiger partial charge in [-0.25, -0.2) is 4.79 Å². The fourth-order valence-electron chi connectivity index (χ4n) is 3.40. The molecule has 2 aliphatic rings. The number of benzene rings is 1. The maximum Gasteiger partial charge on any atom is 0.333 e. The van der Waals surface area contributed by atoms with Gasteiger partial charge in [0.2, 0.25) is 0 Å². The highest BCUT2D eigenvalue weighted by Crippen LogP contribution is 2.41. The zero-order valence-electron chi connectivity index (χ0n) is 18.8. The maximum atomic E-state index is 13.2. The molecule has 0 saturated carbocycles. The number of fused-ring (bicyclic) bond motifs is 1. The Bertz CT molecular complexity index is 873. The van der Waals surface area contributed by atoms with E-state index in [2.05, 4.69) is 33.9 Å². The molecular formula is C22H31NO6Si. The molecule has 0 aliphatic carbocycles. The third kappa shape index (κ3) is 4.11. The van der Waals surface area contributed by atoms with E-state index in [4.69, 9.17) is 18.6 Å². The second-order valence-corrected chi connectivity index (χ2v) is 13.9. The van der Waals surface area contributed by atoms with Gasteiger partial charge < -0.3 is 23.5 Å². The first-order valence-electron chi connectivity index (χ1n) is 10.1. The lowest BCUT2D eigenvalue weighted by Crippen LogP contribution is -2.48. The number of carbonyl (C=O) groups excluding carboxylic acids is 2. The second-order valence-electron chi connectivity index (χ2n) is 9.15. The van der Waals surface area contributed by atoms with Crippen LogP contribution in [0.3, 0.4) is 0 Å². The van der Waals surface area contributed by atoms with E-state index in [0.717, 1.165) is 5.56 Å². The van der Waals surface area contributed by atoms with Gasteiger partial charge in [0.05, 0.1) is 19.9 Å². The predicted molar refractivity (Wildman–Crippen MR) is 115 cm³/mol. The summed E-state index contributed by atoms with van der Waals surface area (Å²) < 4.78 is 22.5. The minimum absolute atomic E-state index is 0.0627. The molecule has 164 valence electrons. The predicted octanol–water partition coefficient (Wildman–Crippen LogP) is 3.29. The van der Waals surface area contributed by atoms with Gasteiger partial charge in [0, 0.05) is 12.6 Å². The summed E-state index contributed by atoms with van der Waals surface area (Å²) >= 11 is 0. The molecule has 2 heterocycles. The highest BCUT2D eigenvalue weighted by atomic mass is 28.4. The fraction of sp³-hybridized carbons (Fsp3) is 0.545. The molecular weight excluding hydrogens is 402 g/mol. The molecule has 0 spiro atoms. The highest BCUT2D eigenvalue weighted by Gasteiger charge is 2.53. The Labute approximate surface area is 179 Å². The number of rotatable bonds is 7. The summed E-state index contributed by atoms with van der Waals surface area (Å²) in [6.07, 6.45) is 0.557. The van der Waals surface area contributed by atoms with E-state index in [0.29, 0.717) is 30.2 Å². The van der Waals surface area contributed by atoms with Crippen molar-refractivity contribution < 1.29 is 28.2 Å². The summed E-state index contributed by atoms with van der Waals surface area (Å²) in [6.45, 7) is 10.9. The SMILES string of the molecule is COc1ccc(CCN2C(=O)[C@H](O[Si](C)(C)C(C)(C)C)[C@H]3OC(=O)C=C32)cc1OC. The van der Waals surface area contributed by atoms with Crippen LogP contribution in [0.15, 0.2) is 30.0 Å². The van der Waals surface area contributed by atoms with Crippen LogP contribution in [-0.4, -0.2) is 58.1 Å². The van der Waals surface area contributed by atoms with Crippen LogP contribution < -0.4 is 9.47 Å². The van der Waals surface area contributed by atoms with Crippen molar-refractivity contribution >= 4 is 20.2 Å². The Kier molecular flexibility index (Phi) is 6.02. The first kappa shape index (κ1) is 22.4. The Morgan fingerprint density at radius 2 is 1.77 bits per heavy atom. The van der Waals surface area contributed by atoms with E-state index in [9.17, 15) is 9.59 Å². The standard InChI is InChI=1S/C22H31NO6Si/c1-22(2,3)30(6,7)29-20-19-15(13-18(24)28-19)23(21(20)25)11-10-14-8-9-16(26-4)17(12-14)27-5/h8-9,12-13,19-20H,10-11H2,1-7H3/t19-,20+/m0/s1. The number of methoxy groups -OCH3 is 2. The van der Waals surface area contributed by atoms with Crippen molar-refractivity contribution in [3.05, 3.63) is 35.5 Å². The number of hydrogen-bond acceptors (Lipinski definition) is 6. The topological polar surface area (TPSA) is 74.3 Å². The van der Waals surface area contributed by atoms with Crippen LogP contribution in [0.2, 0.25) is 18.1 Å². The quantitative estimate of drug-likeness (QED) is 0.485. The van der Waals surface area contributed by atoms with Crippen molar-refractivity contribution in [3.63, 3.8) is 0 Å². The smallest absolute Gasteiger partial charge is 0.333 e. The Hall–Kier alpha value is -2.32. The summed E-state index contributed by atoms with van der Waals surface area (Å²) in [7, 11) is 0.949. The van der Waals surface area contributed by atoms with Crippen LogP contribution in [0, 0.1) is 0 Å². The third-order valence-corrected chi connectivity index (χ3v) is 10.7. The van der Waals surface area contributed by atoms with E-state index in [-0.39, 0.29) is 10.9 Å². The number of amides is 1. The molecule has 3 rings (SSSR count). The monoisotopic (exact) mass is 433 g/mol. The summed E-state index contributed by atoms with van der Waals surface area (Å²) in [6, 6.07) is 5.67. The molecule has 0 aromatic heterocycles. The van der Waals surface area contributed by atoms with Gasteiger partial charge in [-0.15, -0.1) is 0 Å². The largest absolute Gasteiger partial charge is 0.493 e. The van der Waals surface area contributed by atoms with Crippen LogP contribution >= 0.6 is 0 Å². The molecule has 1 fully saturated rings. The van der Waals surface area contributed by atoms with E-state index < -0.39 is 26.5 Å². The summed E-state index contributed by atoms with van der Waals surface area (Å²) in [5.74, 6) is 0.712. The molecule has 0 unspecified atom stereocenters. The molecule has 1 amide bonds. The number of esters is 1. The number of hydrogen-bond donors (Lipinski definition) is 0. The van der Waals surface area contributed by atoms with E-state index in [1.54, 1.807) is 19.1 Å². The number of carbonyl (C=O) groups is 2. The lowest BCUT2D eigenvalue weighted by molar-refractivity contribution is -0.145. The van der Waals surface area contributed by atoms with Gasteiger partial charge in [-0.2, -0.15) is 0 Å². The van der Waals surface area contributed by atoms with Gasteiger partial charge in [-0.1, -0.05) is 26.8 Å². The van der Waals surface area contributed by atoms with Gasteiger partial charge in [-0.05, 0) is 42.2 Å². The normalized spacial score (nSPS) is 21.4. The fourth-order valence-corrected chi connectivity index (χ4v) is 4.62. The van der Waals surface area contributed by atoms with Gasteiger partial charge in [0.15, 0.2) is 32.0 Å². The number of likely N-dealkylation sites (tertiary alicyclic amines) is 1. The highest BCUT2D eigenvalue weighted by molar-refractivity contribution is 6.74. The first-order chi connectivity index (χ1) is 14.0. The molecule has 1 saturated heterocycles. The molecule has 8 heteroatoms. The Morgan fingerprint density at radius 1 is 1.10 bits per heavy atom. The minimum atomic E-state index is -2.23. The molecule has 2 atom stereocenters. The average molecular weight is 434 g/mol. The van der Waals surface area contributed by atoms with Crippen molar-refractivity contribution in [2.24, 2.45) is 0 Å². The van der Waals surface area contributed by atoms with Gasteiger partial charge in [0.1, 0.15) is 0 Å². The molecule has 7 nitrogen and oxygen atoms in total. The van der Waals surface area contributed by atoms with E-state index in [1.807, 2.05) is 18.2 Å². The molecule has 2 aliphatic heterocycles. The summed E-state index contributed by atoms with van der Waals surface area (Å²) in [4.78, 5) is 26.8. The molecule has 30 heavy (non-hydrogen) atoms. The molecule has 0 bridgehead atoms. The van der Waals surface area contributed by atoms with Crippen molar-refractivity contribution in [1.82, 2.24) is 4.90 Å². The molecule has 1 aromatic carbocycles. The molecule has 1 aromatic rings. The van der Waals surface area contributed by atoms with Crippen molar-refractivity contribution in [1.29, 1.82) is 0 Å². The van der Waals surface area contributed by atoms with Gasteiger partial charge in [0.25, 0.3) is 5.91 Å². The maximum absolute atomic E-state index is 13.2. The first-order valence-corrected chi connectivity index (χ1v) is 13.0. The lowest BCUT2D eigenvalue weighted by Gasteiger charge is -2.38. The number of ether oxygens (including phenoxy) is 3. The van der Waals surface area contributed by atoms with E-state index >= 15 is 0 Å². The van der Waals surface area contributed by atoms with Gasteiger partial charge in [-0.3, -0.25) is 4.79 Å². The number of nitrogens with zero attached hydrogens (tertiary/aromatic N) is 1.